The van der Waals surface area contributed by atoms with Crippen LogP contribution in [0.25, 0.3) is 11.0 Å². The minimum atomic E-state index is -0.375. The summed E-state index contributed by atoms with van der Waals surface area (Å²) in [5, 5.41) is 14.6. The van der Waals surface area contributed by atoms with E-state index in [1.807, 2.05) is 25.1 Å². The molecule has 0 bridgehead atoms. The second-order valence-electron chi connectivity index (χ2n) is 4.89. The third kappa shape index (κ3) is 2.83. The van der Waals surface area contributed by atoms with E-state index in [4.69, 9.17) is 4.42 Å². The van der Waals surface area contributed by atoms with Crippen LogP contribution >= 0.6 is 0 Å². The minimum Gasteiger partial charge on any atom is -0.507 e. The Morgan fingerprint density at radius 1 is 1.18 bits per heavy atom. The van der Waals surface area contributed by atoms with Crippen molar-refractivity contribution in [3.63, 3.8) is 0 Å². The summed E-state index contributed by atoms with van der Waals surface area (Å²) in [6, 6.07) is 13.8. The van der Waals surface area contributed by atoms with Crippen LogP contribution in [-0.4, -0.2) is 11.3 Å². The van der Waals surface area contributed by atoms with Crippen LogP contribution in [0, 0.1) is 6.92 Å². The molecule has 0 saturated heterocycles. The van der Waals surface area contributed by atoms with Gasteiger partial charge in [0.15, 0.2) is 0 Å². The van der Waals surface area contributed by atoms with Crippen LogP contribution < -0.4 is 11.1 Å². The van der Waals surface area contributed by atoms with Crippen LogP contribution in [0.3, 0.4) is 0 Å². The van der Waals surface area contributed by atoms with Crippen molar-refractivity contribution < 1.29 is 9.52 Å². The predicted molar refractivity (Wildman–Crippen MR) is 86.5 cm³/mol. The first-order chi connectivity index (χ1) is 10.6. The maximum Gasteiger partial charge on any atom is 0.336 e. The second kappa shape index (κ2) is 5.73. The van der Waals surface area contributed by atoms with E-state index in [0.717, 1.165) is 10.9 Å². The molecule has 2 N–H and O–H groups in total. The van der Waals surface area contributed by atoms with Gasteiger partial charge in [-0.15, -0.1) is 0 Å². The van der Waals surface area contributed by atoms with Gasteiger partial charge in [0.25, 0.3) is 0 Å². The summed E-state index contributed by atoms with van der Waals surface area (Å²) >= 11 is 0. The van der Waals surface area contributed by atoms with E-state index in [0.29, 0.717) is 16.8 Å². The van der Waals surface area contributed by atoms with E-state index in [2.05, 4.69) is 10.5 Å². The molecule has 0 fully saturated rings. The molecule has 0 saturated carbocycles. The number of nitrogens with zero attached hydrogens (tertiary/aromatic N) is 1. The molecular weight excluding hydrogens is 280 g/mol. The maximum atomic E-state index is 11.4. The molecule has 1 heterocycles. The van der Waals surface area contributed by atoms with Gasteiger partial charge in [0.05, 0.1) is 11.9 Å². The van der Waals surface area contributed by atoms with E-state index in [-0.39, 0.29) is 11.4 Å². The Morgan fingerprint density at radius 2 is 2.00 bits per heavy atom. The lowest BCUT2D eigenvalue weighted by Gasteiger charge is -2.04. The first-order valence-electron chi connectivity index (χ1n) is 6.75. The molecule has 22 heavy (non-hydrogen) atoms. The Labute approximate surface area is 126 Å². The number of para-hydroxylation sites is 1. The average molecular weight is 294 g/mol. The average Bonchev–Trinajstić information content (AvgIpc) is 2.48. The zero-order valence-corrected chi connectivity index (χ0v) is 11.9. The molecule has 0 unspecified atom stereocenters. The fraction of sp³-hybridized carbons (Fsp3) is 0.0588. The lowest BCUT2D eigenvalue weighted by Crippen LogP contribution is -1.98. The highest BCUT2D eigenvalue weighted by Crippen LogP contribution is 2.20. The van der Waals surface area contributed by atoms with Gasteiger partial charge in [-0.2, -0.15) is 5.10 Å². The highest BCUT2D eigenvalue weighted by atomic mass is 16.4. The lowest BCUT2D eigenvalue weighted by molar-refractivity contribution is 0.474. The summed E-state index contributed by atoms with van der Waals surface area (Å²) in [6.45, 7) is 1.86. The standard InChI is InChI=1S/C17H14N2O3/c1-11-8-17(21)22-16-9-13(6-7-14(11)16)19-18-10-12-4-2-3-5-15(12)20/h2-10,19-20H,1H3/b18-10-. The first kappa shape index (κ1) is 13.9. The molecule has 1 aromatic heterocycles. The van der Waals surface area contributed by atoms with Gasteiger partial charge in [-0.05, 0) is 36.8 Å². The second-order valence-corrected chi connectivity index (χ2v) is 4.89. The third-order valence-electron chi connectivity index (χ3n) is 3.29. The normalized spacial score (nSPS) is 11.1. The van der Waals surface area contributed by atoms with Gasteiger partial charge in [-0.25, -0.2) is 4.79 Å². The number of phenols is 1. The number of hydrazone groups is 1. The summed E-state index contributed by atoms with van der Waals surface area (Å²) in [5.74, 6) is 0.160. The number of anilines is 1. The molecule has 5 heteroatoms. The molecule has 0 aliphatic carbocycles. The summed E-state index contributed by atoms with van der Waals surface area (Å²) < 4.78 is 5.18. The van der Waals surface area contributed by atoms with Gasteiger partial charge < -0.3 is 9.52 Å². The summed E-state index contributed by atoms with van der Waals surface area (Å²) in [6.07, 6.45) is 1.52. The molecule has 2 aromatic carbocycles. The van der Waals surface area contributed by atoms with Crippen molar-refractivity contribution in [3.05, 3.63) is 70.1 Å². The summed E-state index contributed by atoms with van der Waals surface area (Å²) in [5.41, 5.74) is 5.15. The molecule has 110 valence electrons. The van der Waals surface area contributed by atoms with E-state index >= 15 is 0 Å². The maximum absolute atomic E-state index is 11.4. The number of aromatic hydroxyl groups is 1. The van der Waals surface area contributed by atoms with Gasteiger partial charge in [0, 0.05) is 23.1 Å². The topological polar surface area (TPSA) is 74.8 Å². The SMILES string of the molecule is Cc1cc(=O)oc2cc(N/N=C\c3ccccc3O)ccc12. The first-order valence-corrected chi connectivity index (χ1v) is 6.75. The fourth-order valence-corrected chi connectivity index (χ4v) is 2.17. The molecular formula is C17H14N2O3. The number of fused-ring (bicyclic) bond motifs is 1. The smallest absolute Gasteiger partial charge is 0.336 e. The van der Waals surface area contributed by atoms with Crippen molar-refractivity contribution in [3.8, 4) is 5.75 Å². The molecule has 0 aliphatic rings. The highest BCUT2D eigenvalue weighted by molar-refractivity contribution is 5.85. The molecule has 0 radical (unpaired) electrons. The zero-order chi connectivity index (χ0) is 15.5. The van der Waals surface area contributed by atoms with Gasteiger partial charge >= 0.3 is 5.63 Å². The molecule has 3 rings (SSSR count). The van der Waals surface area contributed by atoms with E-state index in [1.165, 1.54) is 12.3 Å². The van der Waals surface area contributed by atoms with Crippen LogP contribution in [0.2, 0.25) is 0 Å². The van der Waals surface area contributed by atoms with Crippen LogP contribution in [0.5, 0.6) is 5.75 Å². The number of hydrogen-bond acceptors (Lipinski definition) is 5. The number of hydrogen-bond donors (Lipinski definition) is 2. The molecule has 5 nitrogen and oxygen atoms in total. The molecule has 0 aliphatic heterocycles. The van der Waals surface area contributed by atoms with Gasteiger partial charge in [-0.1, -0.05) is 12.1 Å². The minimum absolute atomic E-state index is 0.160. The highest BCUT2D eigenvalue weighted by Gasteiger charge is 2.03. The van der Waals surface area contributed by atoms with Crippen molar-refractivity contribution in [2.24, 2.45) is 5.10 Å². The van der Waals surface area contributed by atoms with Gasteiger partial charge in [0.2, 0.25) is 0 Å². The monoisotopic (exact) mass is 294 g/mol. The summed E-state index contributed by atoms with van der Waals surface area (Å²) in [4.78, 5) is 11.4. The van der Waals surface area contributed by atoms with Crippen molar-refractivity contribution in [1.29, 1.82) is 0 Å². The van der Waals surface area contributed by atoms with Crippen molar-refractivity contribution in [2.45, 2.75) is 6.92 Å². The quantitative estimate of drug-likeness (QED) is 0.442. The van der Waals surface area contributed by atoms with E-state index in [9.17, 15) is 9.90 Å². The number of nitrogens with one attached hydrogen (secondary N) is 1. The van der Waals surface area contributed by atoms with Crippen LogP contribution in [0.4, 0.5) is 5.69 Å². The molecule has 0 spiro atoms. The number of phenolic OH excluding ortho intramolecular Hbond substituents is 1. The molecule has 3 aromatic rings. The van der Waals surface area contributed by atoms with E-state index in [1.54, 1.807) is 24.3 Å². The predicted octanol–water partition coefficient (Wildman–Crippen LogP) is 3.25. The number of benzene rings is 2. The Morgan fingerprint density at radius 3 is 2.82 bits per heavy atom. The van der Waals surface area contributed by atoms with Crippen molar-refractivity contribution in [2.75, 3.05) is 5.43 Å². The largest absolute Gasteiger partial charge is 0.507 e. The Bertz CT molecular complexity index is 913. The van der Waals surface area contributed by atoms with E-state index < -0.39 is 0 Å². The van der Waals surface area contributed by atoms with Crippen LogP contribution in [0.1, 0.15) is 11.1 Å². The van der Waals surface area contributed by atoms with Crippen LogP contribution in [-0.2, 0) is 0 Å². The fourth-order valence-electron chi connectivity index (χ4n) is 2.17. The van der Waals surface area contributed by atoms with Crippen molar-refractivity contribution >= 4 is 22.9 Å². The zero-order valence-electron chi connectivity index (χ0n) is 11.9. The Balaban J connectivity index is 1.86. The Kier molecular flexibility index (Phi) is 3.62. The van der Waals surface area contributed by atoms with Gasteiger partial charge in [0.1, 0.15) is 11.3 Å². The van der Waals surface area contributed by atoms with Crippen LogP contribution in [0.15, 0.2) is 62.8 Å². The number of aryl methyl sites for hydroxylation is 1. The third-order valence-corrected chi connectivity index (χ3v) is 3.29. The number of rotatable bonds is 3. The molecule has 0 amide bonds. The summed E-state index contributed by atoms with van der Waals surface area (Å²) in [7, 11) is 0. The lowest BCUT2D eigenvalue weighted by atomic mass is 10.1. The van der Waals surface area contributed by atoms with Gasteiger partial charge in [-0.3, -0.25) is 5.43 Å². The van der Waals surface area contributed by atoms with Crippen molar-refractivity contribution in [1.82, 2.24) is 0 Å². The molecule has 0 atom stereocenters. The Hall–Kier alpha value is -3.08.